The zero-order chi connectivity index (χ0) is 12.0. The van der Waals surface area contributed by atoms with Gasteiger partial charge in [-0.25, -0.2) is 0 Å². The highest BCUT2D eigenvalue weighted by Gasteiger charge is 2.09. The van der Waals surface area contributed by atoms with Crippen LogP contribution in [-0.4, -0.2) is 19.6 Å². The summed E-state index contributed by atoms with van der Waals surface area (Å²) in [6.07, 6.45) is 5.58. The number of benzene rings is 1. The van der Waals surface area contributed by atoms with Gasteiger partial charge in [0, 0.05) is 24.7 Å². The number of carbonyl (C=O) groups excluding carboxylic acids is 1. The van der Waals surface area contributed by atoms with Crippen molar-refractivity contribution in [1.29, 1.82) is 0 Å². The molecule has 1 aromatic rings. The van der Waals surface area contributed by atoms with Crippen molar-refractivity contribution < 1.29 is 9.53 Å². The molecular formula is C12H14N2O2. The minimum Gasteiger partial charge on any atom is -0.497 e. The molecule has 1 aromatic carbocycles. The molecule has 0 aliphatic rings. The summed E-state index contributed by atoms with van der Waals surface area (Å²) in [5.74, 6) is 2.84. The van der Waals surface area contributed by atoms with Crippen molar-refractivity contribution >= 4 is 11.6 Å². The summed E-state index contributed by atoms with van der Waals surface area (Å²) < 4.78 is 4.99. The number of rotatable bonds is 4. The molecule has 0 atom stereocenters. The van der Waals surface area contributed by atoms with Crippen molar-refractivity contribution in [3.8, 4) is 18.1 Å². The van der Waals surface area contributed by atoms with Crippen LogP contribution < -0.4 is 15.8 Å². The van der Waals surface area contributed by atoms with Gasteiger partial charge in [0.2, 0.25) is 0 Å². The summed E-state index contributed by atoms with van der Waals surface area (Å²) in [5, 5.41) is 2.68. The van der Waals surface area contributed by atoms with Crippen LogP contribution in [0.2, 0.25) is 0 Å². The lowest BCUT2D eigenvalue weighted by Crippen LogP contribution is -2.25. The molecule has 16 heavy (non-hydrogen) atoms. The summed E-state index contributed by atoms with van der Waals surface area (Å²) >= 11 is 0. The fraction of sp³-hybridized carbons (Fsp3) is 0.250. The highest BCUT2D eigenvalue weighted by Crippen LogP contribution is 2.19. The third kappa shape index (κ3) is 2.92. The number of hydrogen-bond donors (Lipinski definition) is 2. The Morgan fingerprint density at radius 1 is 1.62 bits per heavy atom. The Balaban J connectivity index is 2.73. The number of nitrogens with one attached hydrogen (secondary N) is 1. The number of anilines is 1. The maximum atomic E-state index is 11.6. The maximum absolute atomic E-state index is 11.6. The van der Waals surface area contributed by atoms with E-state index in [9.17, 15) is 4.79 Å². The normalized spacial score (nSPS) is 9.25. The summed E-state index contributed by atoms with van der Waals surface area (Å²) in [5.41, 5.74) is 6.54. The SMILES string of the molecule is C#CCCNC(=O)c1ccc(OC)cc1N. The molecule has 0 spiro atoms. The van der Waals surface area contributed by atoms with Crippen LogP contribution in [0.5, 0.6) is 5.75 Å². The topological polar surface area (TPSA) is 64.3 Å². The third-order valence-electron chi connectivity index (χ3n) is 2.06. The lowest BCUT2D eigenvalue weighted by Gasteiger charge is -2.07. The summed E-state index contributed by atoms with van der Waals surface area (Å²) in [6.45, 7) is 0.445. The van der Waals surface area contributed by atoms with Gasteiger partial charge in [-0.1, -0.05) is 0 Å². The van der Waals surface area contributed by atoms with E-state index in [2.05, 4.69) is 11.2 Å². The van der Waals surface area contributed by atoms with Gasteiger partial charge in [0.1, 0.15) is 5.75 Å². The number of nitrogens with two attached hydrogens (primary N) is 1. The van der Waals surface area contributed by atoms with E-state index >= 15 is 0 Å². The standard InChI is InChI=1S/C12H14N2O2/c1-3-4-7-14-12(15)10-6-5-9(16-2)8-11(10)13/h1,5-6,8H,4,7,13H2,2H3,(H,14,15). The quantitative estimate of drug-likeness (QED) is 0.450. The number of ether oxygens (including phenoxy) is 1. The van der Waals surface area contributed by atoms with E-state index in [0.29, 0.717) is 30.0 Å². The molecule has 4 nitrogen and oxygen atoms in total. The van der Waals surface area contributed by atoms with Crippen LogP contribution in [0.15, 0.2) is 18.2 Å². The Morgan fingerprint density at radius 3 is 2.94 bits per heavy atom. The van der Waals surface area contributed by atoms with Gasteiger partial charge < -0.3 is 15.8 Å². The second-order valence-electron chi connectivity index (χ2n) is 3.16. The first-order valence-electron chi connectivity index (χ1n) is 4.84. The highest BCUT2D eigenvalue weighted by molar-refractivity contribution is 5.99. The number of terminal acetylenes is 1. The zero-order valence-corrected chi connectivity index (χ0v) is 9.12. The molecule has 1 rings (SSSR count). The van der Waals surface area contributed by atoms with Gasteiger partial charge in [-0.2, -0.15) is 0 Å². The van der Waals surface area contributed by atoms with E-state index < -0.39 is 0 Å². The van der Waals surface area contributed by atoms with Crippen LogP contribution in [-0.2, 0) is 0 Å². The van der Waals surface area contributed by atoms with Crippen LogP contribution in [0.25, 0.3) is 0 Å². The Bertz CT molecular complexity index is 422. The summed E-state index contributed by atoms with van der Waals surface area (Å²) in [6, 6.07) is 4.92. The van der Waals surface area contributed by atoms with Gasteiger partial charge in [-0.3, -0.25) is 4.79 Å². The van der Waals surface area contributed by atoms with E-state index in [1.54, 1.807) is 25.3 Å². The van der Waals surface area contributed by atoms with Crippen LogP contribution >= 0.6 is 0 Å². The molecule has 0 unspecified atom stereocenters. The first-order chi connectivity index (χ1) is 7.69. The molecule has 1 amide bonds. The number of hydrogen-bond acceptors (Lipinski definition) is 3. The molecule has 0 heterocycles. The fourth-order valence-corrected chi connectivity index (χ4v) is 1.22. The second-order valence-corrected chi connectivity index (χ2v) is 3.16. The first-order valence-corrected chi connectivity index (χ1v) is 4.84. The van der Waals surface area contributed by atoms with Crippen LogP contribution in [0.3, 0.4) is 0 Å². The molecule has 0 aliphatic carbocycles. The summed E-state index contributed by atoms with van der Waals surface area (Å²) in [7, 11) is 1.54. The van der Waals surface area contributed by atoms with Gasteiger partial charge in [0.15, 0.2) is 0 Å². The molecule has 0 radical (unpaired) electrons. The number of methoxy groups -OCH3 is 1. The van der Waals surface area contributed by atoms with Gasteiger partial charge >= 0.3 is 0 Å². The van der Waals surface area contributed by atoms with E-state index in [4.69, 9.17) is 16.9 Å². The van der Waals surface area contributed by atoms with E-state index in [1.165, 1.54) is 0 Å². The highest BCUT2D eigenvalue weighted by atomic mass is 16.5. The fourth-order valence-electron chi connectivity index (χ4n) is 1.22. The Kier molecular flexibility index (Phi) is 4.22. The molecule has 0 aromatic heterocycles. The van der Waals surface area contributed by atoms with Crippen molar-refractivity contribution in [3.05, 3.63) is 23.8 Å². The largest absolute Gasteiger partial charge is 0.497 e. The van der Waals surface area contributed by atoms with Crippen molar-refractivity contribution in [2.24, 2.45) is 0 Å². The maximum Gasteiger partial charge on any atom is 0.253 e. The molecule has 0 fully saturated rings. The van der Waals surface area contributed by atoms with E-state index in [-0.39, 0.29) is 5.91 Å². The lowest BCUT2D eigenvalue weighted by molar-refractivity contribution is 0.0955. The summed E-state index contributed by atoms with van der Waals surface area (Å²) in [4.78, 5) is 11.6. The molecule has 0 saturated heterocycles. The molecule has 3 N–H and O–H groups in total. The van der Waals surface area contributed by atoms with Gasteiger partial charge in [-0.15, -0.1) is 12.3 Å². The lowest BCUT2D eigenvalue weighted by atomic mass is 10.1. The Hall–Kier alpha value is -2.15. The first kappa shape index (κ1) is 11.9. The van der Waals surface area contributed by atoms with E-state index in [0.717, 1.165) is 0 Å². The van der Waals surface area contributed by atoms with Crippen LogP contribution in [0.4, 0.5) is 5.69 Å². The molecule has 0 aliphatic heterocycles. The van der Waals surface area contributed by atoms with Crippen LogP contribution in [0, 0.1) is 12.3 Å². The molecule has 84 valence electrons. The smallest absolute Gasteiger partial charge is 0.253 e. The van der Waals surface area contributed by atoms with Crippen molar-refractivity contribution in [2.45, 2.75) is 6.42 Å². The van der Waals surface area contributed by atoms with Gasteiger partial charge in [0.05, 0.1) is 12.7 Å². The third-order valence-corrected chi connectivity index (χ3v) is 2.06. The van der Waals surface area contributed by atoms with Crippen LogP contribution in [0.1, 0.15) is 16.8 Å². The minimum atomic E-state index is -0.226. The number of nitrogen functional groups attached to an aromatic ring is 1. The molecule has 4 heteroatoms. The average molecular weight is 218 g/mol. The van der Waals surface area contributed by atoms with Crippen molar-refractivity contribution in [3.63, 3.8) is 0 Å². The monoisotopic (exact) mass is 218 g/mol. The molecule has 0 saturated carbocycles. The Labute approximate surface area is 94.8 Å². The predicted octanol–water partition coefficient (Wildman–Crippen LogP) is 1.03. The molecule has 0 bridgehead atoms. The zero-order valence-electron chi connectivity index (χ0n) is 9.12. The minimum absolute atomic E-state index is 0.226. The number of amides is 1. The second kappa shape index (κ2) is 5.66. The van der Waals surface area contributed by atoms with E-state index in [1.807, 2.05) is 0 Å². The van der Waals surface area contributed by atoms with Gasteiger partial charge in [0.25, 0.3) is 5.91 Å². The van der Waals surface area contributed by atoms with Crippen molar-refractivity contribution in [2.75, 3.05) is 19.4 Å². The average Bonchev–Trinajstić information content (AvgIpc) is 2.29. The Morgan fingerprint density at radius 2 is 2.38 bits per heavy atom. The van der Waals surface area contributed by atoms with Crippen molar-refractivity contribution in [1.82, 2.24) is 5.32 Å². The number of carbonyl (C=O) groups is 1. The molecular weight excluding hydrogens is 204 g/mol. The van der Waals surface area contributed by atoms with Gasteiger partial charge in [-0.05, 0) is 12.1 Å². The predicted molar refractivity (Wildman–Crippen MR) is 63.2 cm³/mol.